The Kier molecular flexibility index (Phi) is 10.0. The Morgan fingerprint density at radius 1 is 1.11 bits per heavy atom. The largest absolute Gasteiger partial charge is 0.478 e. The molecule has 104 valence electrons. The molecule has 4 heteroatoms. The second-order valence-electron chi connectivity index (χ2n) is 4.34. The molecule has 1 unspecified atom stereocenters. The molecule has 0 heterocycles. The van der Waals surface area contributed by atoms with Gasteiger partial charge in [0.15, 0.2) is 0 Å². The van der Waals surface area contributed by atoms with Gasteiger partial charge in [-0.3, -0.25) is 0 Å². The van der Waals surface area contributed by atoms with E-state index in [0.29, 0.717) is 0 Å². The molecule has 0 aliphatic carbocycles. The van der Waals surface area contributed by atoms with Crippen molar-refractivity contribution >= 4 is 11.9 Å². The molecule has 0 aliphatic rings. The summed E-state index contributed by atoms with van der Waals surface area (Å²) < 4.78 is 5.17. The van der Waals surface area contributed by atoms with Gasteiger partial charge in [0.05, 0.1) is 0 Å². The number of carbonyl (C=O) groups is 2. The molecule has 0 amide bonds. The highest BCUT2D eigenvalue weighted by atomic mass is 16.5. The number of hydrogen-bond acceptors (Lipinski definition) is 3. The lowest BCUT2D eigenvalue weighted by atomic mass is 10.1. The maximum atomic E-state index is 11.3. The van der Waals surface area contributed by atoms with Gasteiger partial charge in [-0.05, 0) is 19.3 Å². The number of aliphatic carboxylic acids is 1. The molecule has 1 atom stereocenters. The molecule has 0 aromatic rings. The maximum absolute atomic E-state index is 11.3. The van der Waals surface area contributed by atoms with Gasteiger partial charge in [-0.25, -0.2) is 9.59 Å². The molecule has 0 aliphatic heterocycles. The van der Waals surface area contributed by atoms with Crippen LogP contribution in [0.2, 0.25) is 0 Å². The Morgan fingerprint density at radius 3 is 2.33 bits per heavy atom. The van der Waals surface area contributed by atoms with E-state index in [1.54, 1.807) is 0 Å². The van der Waals surface area contributed by atoms with Crippen molar-refractivity contribution in [3.8, 4) is 0 Å². The molecule has 0 radical (unpaired) electrons. The summed E-state index contributed by atoms with van der Waals surface area (Å²) in [5.41, 5.74) is 0. The molecule has 0 saturated carbocycles. The van der Waals surface area contributed by atoms with E-state index in [1.807, 2.05) is 6.92 Å². The first kappa shape index (κ1) is 16.7. The molecule has 0 bridgehead atoms. The van der Waals surface area contributed by atoms with Crippen molar-refractivity contribution in [3.63, 3.8) is 0 Å². The van der Waals surface area contributed by atoms with Crippen molar-refractivity contribution in [1.82, 2.24) is 0 Å². The lowest BCUT2D eigenvalue weighted by molar-refractivity contribution is -0.144. The van der Waals surface area contributed by atoms with Crippen molar-refractivity contribution < 1.29 is 19.4 Å². The first-order valence-electron chi connectivity index (χ1n) is 6.71. The summed E-state index contributed by atoms with van der Waals surface area (Å²) in [6.45, 7) is 4.14. The van der Waals surface area contributed by atoms with E-state index in [4.69, 9.17) is 9.84 Å². The lowest BCUT2D eigenvalue weighted by Crippen LogP contribution is -2.16. The van der Waals surface area contributed by atoms with E-state index in [2.05, 4.69) is 6.92 Å². The average Bonchev–Trinajstić information content (AvgIpc) is 2.34. The molecule has 0 rings (SSSR count). The molecule has 0 aromatic carbocycles. The number of esters is 1. The van der Waals surface area contributed by atoms with Gasteiger partial charge in [0, 0.05) is 12.2 Å². The first-order valence-corrected chi connectivity index (χ1v) is 6.71. The predicted molar refractivity (Wildman–Crippen MR) is 70.3 cm³/mol. The van der Waals surface area contributed by atoms with Crippen molar-refractivity contribution in [2.45, 2.75) is 64.9 Å². The lowest BCUT2D eigenvalue weighted by Gasteiger charge is -2.14. The smallest absolute Gasteiger partial charge is 0.331 e. The minimum absolute atomic E-state index is 0.0995. The highest BCUT2D eigenvalue weighted by Gasteiger charge is 2.10. The van der Waals surface area contributed by atoms with Gasteiger partial charge in [0.2, 0.25) is 0 Å². The van der Waals surface area contributed by atoms with Crippen LogP contribution in [0.4, 0.5) is 0 Å². The van der Waals surface area contributed by atoms with Gasteiger partial charge in [0.1, 0.15) is 6.10 Å². The topological polar surface area (TPSA) is 63.6 Å². The van der Waals surface area contributed by atoms with Crippen molar-refractivity contribution in [1.29, 1.82) is 0 Å². The van der Waals surface area contributed by atoms with Gasteiger partial charge in [-0.2, -0.15) is 0 Å². The Morgan fingerprint density at radius 2 is 1.78 bits per heavy atom. The van der Waals surface area contributed by atoms with E-state index in [1.165, 1.54) is 19.3 Å². The van der Waals surface area contributed by atoms with Gasteiger partial charge in [-0.15, -0.1) is 0 Å². The second kappa shape index (κ2) is 10.8. The van der Waals surface area contributed by atoms with Crippen molar-refractivity contribution in [2.75, 3.05) is 0 Å². The Bertz CT molecular complexity index is 271. The number of rotatable bonds is 10. The third-order valence-corrected chi connectivity index (χ3v) is 2.73. The maximum Gasteiger partial charge on any atom is 0.331 e. The summed E-state index contributed by atoms with van der Waals surface area (Å²) >= 11 is 0. The highest BCUT2D eigenvalue weighted by molar-refractivity contribution is 5.90. The van der Waals surface area contributed by atoms with Gasteiger partial charge in [0.25, 0.3) is 0 Å². The van der Waals surface area contributed by atoms with Gasteiger partial charge in [-0.1, -0.05) is 39.5 Å². The molecule has 0 aromatic heterocycles. The van der Waals surface area contributed by atoms with E-state index < -0.39 is 11.9 Å². The van der Waals surface area contributed by atoms with Gasteiger partial charge >= 0.3 is 11.9 Å². The van der Waals surface area contributed by atoms with Crippen LogP contribution in [0, 0.1) is 0 Å². The minimum atomic E-state index is -1.14. The Labute approximate surface area is 109 Å². The summed E-state index contributed by atoms with van der Waals surface area (Å²) in [5, 5.41) is 8.38. The van der Waals surface area contributed by atoms with Crippen LogP contribution in [0.1, 0.15) is 58.8 Å². The molecular weight excluding hydrogens is 232 g/mol. The average molecular weight is 256 g/mol. The van der Waals surface area contributed by atoms with Crippen molar-refractivity contribution in [3.05, 3.63) is 12.2 Å². The van der Waals surface area contributed by atoms with E-state index in [-0.39, 0.29) is 6.10 Å². The third-order valence-electron chi connectivity index (χ3n) is 2.73. The molecule has 0 spiro atoms. The summed E-state index contributed by atoms with van der Waals surface area (Å²) in [7, 11) is 0. The summed E-state index contributed by atoms with van der Waals surface area (Å²) in [6, 6.07) is 0. The minimum Gasteiger partial charge on any atom is -0.478 e. The second-order valence-corrected chi connectivity index (χ2v) is 4.34. The number of hydrogen-bond donors (Lipinski definition) is 1. The fourth-order valence-electron chi connectivity index (χ4n) is 1.66. The van der Waals surface area contributed by atoms with E-state index in [9.17, 15) is 9.59 Å². The first-order chi connectivity index (χ1) is 8.60. The highest BCUT2D eigenvalue weighted by Crippen LogP contribution is 2.12. The van der Waals surface area contributed by atoms with Crippen LogP contribution >= 0.6 is 0 Å². The summed E-state index contributed by atoms with van der Waals surface area (Å²) in [4.78, 5) is 21.5. The van der Waals surface area contributed by atoms with Crippen LogP contribution in [0.15, 0.2) is 12.2 Å². The Hall–Kier alpha value is -1.32. The molecular formula is C14H24O4. The van der Waals surface area contributed by atoms with Crippen LogP contribution in [0.25, 0.3) is 0 Å². The normalized spacial score (nSPS) is 12.6. The van der Waals surface area contributed by atoms with Crippen LogP contribution in [0.5, 0.6) is 0 Å². The monoisotopic (exact) mass is 256 g/mol. The standard InChI is InChI=1S/C14H24O4/c1-3-5-6-7-8-9-12(4-2)18-14(17)11-10-13(15)16/h10-12H,3-9H2,1-2H3,(H,15,16). The van der Waals surface area contributed by atoms with E-state index >= 15 is 0 Å². The zero-order chi connectivity index (χ0) is 13.8. The number of ether oxygens (including phenoxy) is 1. The third kappa shape index (κ3) is 9.87. The number of unbranched alkanes of at least 4 members (excludes halogenated alkanes) is 4. The Balaban J connectivity index is 3.81. The fourth-order valence-corrected chi connectivity index (χ4v) is 1.66. The summed E-state index contributed by atoms with van der Waals surface area (Å²) in [5.74, 6) is -1.71. The predicted octanol–water partition coefficient (Wildman–Crippen LogP) is 3.31. The van der Waals surface area contributed by atoms with Crippen LogP contribution in [-0.2, 0) is 14.3 Å². The molecule has 18 heavy (non-hydrogen) atoms. The number of carboxylic acids is 1. The van der Waals surface area contributed by atoms with Crippen LogP contribution in [0.3, 0.4) is 0 Å². The number of carbonyl (C=O) groups excluding carboxylic acids is 1. The SMILES string of the molecule is CCCCCCCC(CC)OC(=O)C=CC(=O)O. The zero-order valence-corrected chi connectivity index (χ0v) is 11.4. The fraction of sp³-hybridized carbons (Fsp3) is 0.714. The van der Waals surface area contributed by atoms with Gasteiger partial charge < -0.3 is 9.84 Å². The quantitative estimate of drug-likeness (QED) is 0.370. The van der Waals surface area contributed by atoms with Crippen LogP contribution in [-0.4, -0.2) is 23.1 Å². The molecule has 0 saturated heterocycles. The van der Waals surface area contributed by atoms with E-state index in [0.717, 1.165) is 37.8 Å². The molecule has 0 fully saturated rings. The van der Waals surface area contributed by atoms with Crippen LogP contribution < -0.4 is 0 Å². The zero-order valence-electron chi connectivity index (χ0n) is 11.4. The molecule has 1 N–H and O–H groups in total. The number of carboxylic acid groups (broad SMARTS) is 1. The molecule has 4 nitrogen and oxygen atoms in total. The summed E-state index contributed by atoms with van der Waals surface area (Å²) in [6.07, 6.45) is 9.18. The van der Waals surface area contributed by atoms with Crippen molar-refractivity contribution in [2.24, 2.45) is 0 Å².